The Labute approximate surface area is 193 Å². The second-order valence-electron chi connectivity index (χ2n) is 8.26. The summed E-state index contributed by atoms with van der Waals surface area (Å²) >= 11 is 0. The molecule has 2 unspecified atom stereocenters. The van der Waals surface area contributed by atoms with Gasteiger partial charge in [0, 0.05) is 31.3 Å². The topological polar surface area (TPSA) is 44.8 Å². The molecular weight excluding hydrogens is 464 g/mol. The number of ether oxygens (including phenoxy) is 1. The maximum Gasteiger partial charge on any atom is 0.317 e. The molecule has 3 rings (SSSR count). The van der Waals surface area contributed by atoms with Crippen molar-refractivity contribution in [2.24, 2.45) is 5.92 Å². The van der Waals surface area contributed by atoms with Crippen LogP contribution in [-0.4, -0.2) is 55.3 Å². The molecule has 5 nitrogen and oxygen atoms in total. The van der Waals surface area contributed by atoms with Gasteiger partial charge >= 0.3 is 12.5 Å². The predicted molar refractivity (Wildman–Crippen MR) is 113 cm³/mol. The largest absolute Gasteiger partial charge is 0.451 e. The van der Waals surface area contributed by atoms with Gasteiger partial charge in [0.1, 0.15) is 11.6 Å². The highest BCUT2D eigenvalue weighted by Crippen LogP contribution is 2.22. The number of hydrogen-bond donors (Lipinski definition) is 1. The van der Waals surface area contributed by atoms with Crippen LogP contribution in [0.2, 0.25) is 0 Å². The zero-order chi connectivity index (χ0) is 24.8. The number of carbonyl (C=O) groups is 1. The zero-order valence-electron chi connectivity index (χ0n) is 18.4. The first-order valence-corrected chi connectivity index (χ1v) is 10.6. The highest BCUT2D eigenvalue weighted by atomic mass is 19.3. The third-order valence-electron chi connectivity index (χ3n) is 5.51. The number of halogens is 6. The number of carbonyl (C=O) groups excluding carboxylic acids is 1. The van der Waals surface area contributed by atoms with Gasteiger partial charge in [-0.1, -0.05) is 12.1 Å². The number of alkyl halides is 3. The van der Waals surface area contributed by atoms with Gasteiger partial charge in [0.15, 0.2) is 11.6 Å². The van der Waals surface area contributed by atoms with Crippen LogP contribution in [0.4, 0.5) is 31.1 Å². The van der Waals surface area contributed by atoms with Gasteiger partial charge in [-0.15, -0.1) is 0 Å². The lowest BCUT2D eigenvalue weighted by Crippen LogP contribution is -2.42. The third-order valence-corrected chi connectivity index (χ3v) is 5.51. The SMILES string of the molecule is CN1CCC(CN(Cc2ccc(F)cc2F)C(=O)NCc2ccc(OC(F)C(F)F)c(F)c2)C1. The summed E-state index contributed by atoms with van der Waals surface area (Å²) in [6, 6.07) is 5.82. The Morgan fingerprint density at radius 2 is 1.91 bits per heavy atom. The summed E-state index contributed by atoms with van der Waals surface area (Å²) in [5.74, 6) is -3.07. The van der Waals surface area contributed by atoms with Crippen molar-refractivity contribution in [3.63, 3.8) is 0 Å². The van der Waals surface area contributed by atoms with E-state index in [0.29, 0.717) is 6.54 Å². The van der Waals surface area contributed by atoms with E-state index >= 15 is 0 Å². The van der Waals surface area contributed by atoms with E-state index in [9.17, 15) is 31.1 Å². The molecule has 1 saturated heterocycles. The molecule has 34 heavy (non-hydrogen) atoms. The van der Waals surface area contributed by atoms with Gasteiger partial charge < -0.3 is 19.9 Å². The van der Waals surface area contributed by atoms with Crippen LogP contribution >= 0.6 is 0 Å². The van der Waals surface area contributed by atoms with Crippen LogP contribution in [0.15, 0.2) is 36.4 Å². The Balaban J connectivity index is 1.66. The maximum absolute atomic E-state index is 14.2. The van der Waals surface area contributed by atoms with Gasteiger partial charge in [-0.05, 0) is 49.7 Å². The van der Waals surface area contributed by atoms with Crippen LogP contribution in [0.25, 0.3) is 0 Å². The molecular formula is C23H25F6N3O2. The van der Waals surface area contributed by atoms with Crippen molar-refractivity contribution in [3.8, 4) is 5.75 Å². The summed E-state index contributed by atoms with van der Waals surface area (Å²) in [6.45, 7) is 1.74. The number of nitrogens with one attached hydrogen (secondary N) is 1. The van der Waals surface area contributed by atoms with E-state index in [0.717, 1.165) is 43.8 Å². The lowest BCUT2D eigenvalue weighted by Gasteiger charge is -2.26. The normalized spacial score (nSPS) is 17.1. The van der Waals surface area contributed by atoms with Crippen LogP contribution in [0, 0.1) is 23.4 Å². The molecule has 11 heteroatoms. The Kier molecular flexibility index (Phi) is 8.65. The number of amides is 2. The molecule has 1 aliphatic rings. The first kappa shape index (κ1) is 25.7. The van der Waals surface area contributed by atoms with E-state index in [-0.39, 0.29) is 30.1 Å². The molecule has 2 aromatic carbocycles. The third kappa shape index (κ3) is 7.02. The number of urea groups is 1. The van der Waals surface area contributed by atoms with Gasteiger partial charge in [0.05, 0.1) is 6.54 Å². The average Bonchev–Trinajstić information content (AvgIpc) is 3.19. The zero-order valence-corrected chi connectivity index (χ0v) is 18.4. The van der Waals surface area contributed by atoms with Gasteiger partial charge in [-0.3, -0.25) is 0 Å². The molecule has 0 spiro atoms. The second kappa shape index (κ2) is 11.5. The van der Waals surface area contributed by atoms with Crippen LogP contribution in [0.5, 0.6) is 5.75 Å². The highest BCUT2D eigenvalue weighted by molar-refractivity contribution is 5.74. The van der Waals surface area contributed by atoms with Crippen LogP contribution in [0.3, 0.4) is 0 Å². The van der Waals surface area contributed by atoms with Crippen molar-refractivity contribution in [2.75, 3.05) is 26.7 Å². The monoisotopic (exact) mass is 489 g/mol. The number of likely N-dealkylation sites (tertiary alicyclic amines) is 1. The molecule has 1 N–H and O–H groups in total. The standard InChI is InChI=1S/C23H25F6N3O2/c1-31-7-6-15(11-31)12-32(13-16-3-4-17(24)9-18(16)25)23(33)30-10-14-2-5-20(19(26)8-14)34-22(29)21(27)28/h2-5,8-9,15,21-22H,6-7,10-13H2,1H3,(H,30,33). The van der Waals surface area contributed by atoms with E-state index in [4.69, 9.17) is 0 Å². The molecule has 2 aromatic rings. The molecule has 2 atom stereocenters. The van der Waals surface area contributed by atoms with Crippen molar-refractivity contribution < 1.29 is 35.9 Å². The van der Waals surface area contributed by atoms with Crippen molar-refractivity contribution in [1.29, 1.82) is 0 Å². The van der Waals surface area contributed by atoms with Crippen LogP contribution in [0.1, 0.15) is 17.5 Å². The Morgan fingerprint density at radius 1 is 1.15 bits per heavy atom. The van der Waals surface area contributed by atoms with E-state index < -0.39 is 42.0 Å². The summed E-state index contributed by atoms with van der Waals surface area (Å²) in [5.41, 5.74) is 0.425. The number of rotatable bonds is 9. The fourth-order valence-electron chi connectivity index (χ4n) is 3.77. The number of nitrogens with zero attached hydrogens (tertiary/aromatic N) is 2. The quantitative estimate of drug-likeness (QED) is 0.519. The Morgan fingerprint density at radius 3 is 2.53 bits per heavy atom. The van der Waals surface area contributed by atoms with Gasteiger partial charge in [-0.25, -0.2) is 26.7 Å². The van der Waals surface area contributed by atoms with Crippen LogP contribution in [-0.2, 0) is 13.1 Å². The lowest BCUT2D eigenvalue weighted by atomic mass is 10.1. The molecule has 0 aromatic heterocycles. The summed E-state index contributed by atoms with van der Waals surface area (Å²) in [5, 5.41) is 2.62. The van der Waals surface area contributed by atoms with E-state index in [1.165, 1.54) is 17.0 Å². The van der Waals surface area contributed by atoms with E-state index in [2.05, 4.69) is 15.0 Å². The second-order valence-corrected chi connectivity index (χ2v) is 8.26. The predicted octanol–water partition coefficient (Wildman–Crippen LogP) is 4.71. The van der Waals surface area contributed by atoms with Crippen molar-refractivity contribution in [3.05, 3.63) is 65.0 Å². The van der Waals surface area contributed by atoms with Crippen LogP contribution < -0.4 is 10.1 Å². The first-order valence-electron chi connectivity index (χ1n) is 10.6. The minimum absolute atomic E-state index is 0.0924. The molecule has 0 saturated carbocycles. The minimum atomic E-state index is -3.42. The van der Waals surface area contributed by atoms with Gasteiger partial charge in [0.25, 0.3) is 6.36 Å². The van der Waals surface area contributed by atoms with Crippen molar-refractivity contribution in [2.45, 2.75) is 32.3 Å². The van der Waals surface area contributed by atoms with Crippen molar-refractivity contribution in [1.82, 2.24) is 15.1 Å². The molecule has 2 amide bonds. The fraction of sp³-hybridized carbons (Fsp3) is 0.435. The highest BCUT2D eigenvalue weighted by Gasteiger charge is 2.26. The summed E-state index contributed by atoms with van der Waals surface area (Å²) in [4.78, 5) is 16.4. The molecule has 0 radical (unpaired) electrons. The Bertz CT molecular complexity index is 993. The number of benzene rings is 2. The van der Waals surface area contributed by atoms with E-state index in [1.54, 1.807) is 0 Å². The van der Waals surface area contributed by atoms with Crippen molar-refractivity contribution >= 4 is 6.03 Å². The Hall–Kier alpha value is -2.95. The molecule has 1 aliphatic heterocycles. The lowest BCUT2D eigenvalue weighted by molar-refractivity contribution is -0.0684. The molecule has 1 fully saturated rings. The van der Waals surface area contributed by atoms with Gasteiger partial charge in [0.2, 0.25) is 0 Å². The molecule has 0 aliphatic carbocycles. The molecule has 186 valence electrons. The maximum atomic E-state index is 14.2. The summed E-state index contributed by atoms with van der Waals surface area (Å²) in [6.07, 6.45) is -5.53. The summed E-state index contributed by atoms with van der Waals surface area (Å²) in [7, 11) is 1.96. The fourth-order valence-corrected chi connectivity index (χ4v) is 3.77. The number of hydrogen-bond acceptors (Lipinski definition) is 3. The molecule has 1 heterocycles. The first-order chi connectivity index (χ1) is 16.1. The molecule has 0 bridgehead atoms. The summed E-state index contributed by atoms with van der Waals surface area (Å²) < 4.78 is 83.3. The smallest absolute Gasteiger partial charge is 0.317 e. The average molecular weight is 489 g/mol. The minimum Gasteiger partial charge on any atom is -0.451 e. The van der Waals surface area contributed by atoms with E-state index in [1.807, 2.05) is 7.05 Å². The van der Waals surface area contributed by atoms with Gasteiger partial charge in [-0.2, -0.15) is 4.39 Å².